The van der Waals surface area contributed by atoms with E-state index < -0.39 is 50.1 Å². The first-order chi connectivity index (χ1) is 18.6. The van der Waals surface area contributed by atoms with Gasteiger partial charge in [0.2, 0.25) is 21.8 Å². The van der Waals surface area contributed by atoms with Crippen molar-refractivity contribution in [3.05, 3.63) is 30.2 Å². The molecule has 13 heteroatoms. The number of hydrogen-bond acceptors (Lipinski definition) is 8. The molecule has 4 aliphatic rings. The van der Waals surface area contributed by atoms with Gasteiger partial charge in [-0.05, 0) is 58.3 Å². The Morgan fingerprint density at radius 1 is 1.15 bits per heavy atom. The van der Waals surface area contributed by atoms with Crippen LogP contribution in [0.25, 0.3) is 0 Å². The van der Waals surface area contributed by atoms with Crippen LogP contribution in [0.5, 0.6) is 0 Å². The van der Waals surface area contributed by atoms with Crippen molar-refractivity contribution >= 4 is 33.7 Å². The molecule has 1 saturated heterocycles. The second kappa shape index (κ2) is 10.4. The Morgan fingerprint density at radius 2 is 1.95 bits per heavy atom. The molecule has 212 valence electrons. The van der Waals surface area contributed by atoms with Gasteiger partial charge in [-0.15, -0.1) is 0 Å². The summed E-state index contributed by atoms with van der Waals surface area (Å²) in [5.74, 6) is -2.48. The van der Waals surface area contributed by atoms with Crippen LogP contribution in [0.2, 0.25) is 0 Å². The smallest absolute Gasteiger partial charge is 0.274 e. The Bertz CT molecular complexity index is 1270. The third kappa shape index (κ3) is 5.45. The van der Waals surface area contributed by atoms with E-state index >= 15 is 0 Å². The molecule has 3 N–H and O–H groups in total. The van der Waals surface area contributed by atoms with E-state index in [1.165, 1.54) is 17.2 Å². The normalized spacial score (nSPS) is 31.5. The number of hydrogen-bond donors (Lipinski definition) is 3. The van der Waals surface area contributed by atoms with E-state index in [1.807, 2.05) is 12.2 Å². The largest absolute Gasteiger partial charge is 0.364 e. The lowest BCUT2D eigenvalue weighted by molar-refractivity contribution is -0.141. The van der Waals surface area contributed by atoms with Crippen molar-refractivity contribution in [2.24, 2.45) is 5.92 Å². The number of aromatic nitrogens is 1. The van der Waals surface area contributed by atoms with Gasteiger partial charge in [0, 0.05) is 18.5 Å². The van der Waals surface area contributed by atoms with Gasteiger partial charge in [-0.1, -0.05) is 30.2 Å². The van der Waals surface area contributed by atoms with Crippen LogP contribution in [0.3, 0.4) is 0 Å². The molecule has 4 atom stereocenters. The second-order valence-electron chi connectivity index (χ2n) is 11.3. The minimum absolute atomic E-state index is 0.0577. The highest BCUT2D eigenvalue weighted by atomic mass is 32.2. The molecule has 5 rings (SSSR count). The Morgan fingerprint density at radius 3 is 2.67 bits per heavy atom. The van der Waals surface area contributed by atoms with Crippen LogP contribution in [-0.2, 0) is 24.4 Å². The molecule has 0 radical (unpaired) electrons. The molecule has 3 heterocycles. The molecular weight excluding hydrogens is 526 g/mol. The van der Waals surface area contributed by atoms with Gasteiger partial charge in [0.1, 0.15) is 23.9 Å². The number of carbonyl (C=O) groups is 4. The molecule has 2 aliphatic carbocycles. The summed E-state index contributed by atoms with van der Waals surface area (Å²) in [6, 6.07) is -0.273. The predicted molar refractivity (Wildman–Crippen MR) is 138 cm³/mol. The third-order valence-corrected chi connectivity index (χ3v) is 10.6. The molecular formula is C26H35N5O7S. The fourth-order valence-corrected chi connectivity index (χ4v) is 6.75. The number of sulfonamides is 1. The Hall–Kier alpha value is -3.22. The van der Waals surface area contributed by atoms with Crippen molar-refractivity contribution in [2.45, 2.75) is 93.5 Å². The second-order valence-corrected chi connectivity index (χ2v) is 13.5. The number of nitrogens with zero attached hydrogens (tertiary/aromatic N) is 2. The summed E-state index contributed by atoms with van der Waals surface area (Å²) in [7, 11) is -3.89. The van der Waals surface area contributed by atoms with Crippen molar-refractivity contribution in [1.82, 2.24) is 25.4 Å². The molecule has 0 aromatic carbocycles. The highest BCUT2D eigenvalue weighted by Crippen LogP contribution is 2.47. The van der Waals surface area contributed by atoms with Crippen LogP contribution in [0.4, 0.5) is 0 Å². The zero-order chi connectivity index (χ0) is 27.8. The zero-order valence-corrected chi connectivity index (χ0v) is 22.8. The third-order valence-electron chi connectivity index (χ3n) is 8.44. The number of nitrogens with one attached hydrogen (secondary N) is 3. The molecule has 2 saturated carbocycles. The summed E-state index contributed by atoms with van der Waals surface area (Å²) in [5, 5.41) is 9.22. The number of allylic oxidation sites excluding steroid dienone is 1. The van der Waals surface area contributed by atoms with Crippen molar-refractivity contribution in [1.29, 1.82) is 0 Å². The minimum atomic E-state index is -3.89. The van der Waals surface area contributed by atoms with Crippen molar-refractivity contribution in [3.8, 4) is 0 Å². The van der Waals surface area contributed by atoms with E-state index in [0.717, 1.165) is 19.3 Å². The first-order valence-corrected chi connectivity index (χ1v) is 15.1. The molecule has 12 nitrogen and oxygen atoms in total. The highest BCUT2D eigenvalue weighted by Gasteiger charge is 2.62. The predicted octanol–water partition coefficient (Wildman–Crippen LogP) is 1.16. The molecule has 3 fully saturated rings. The maximum atomic E-state index is 13.6. The monoisotopic (exact) mass is 561 g/mol. The summed E-state index contributed by atoms with van der Waals surface area (Å²) in [6.07, 6.45) is 10.8. The fraction of sp³-hybridized carbons (Fsp3) is 0.654. The van der Waals surface area contributed by atoms with Gasteiger partial charge in [-0.3, -0.25) is 23.9 Å². The van der Waals surface area contributed by atoms with Crippen molar-refractivity contribution < 1.29 is 32.1 Å². The fourth-order valence-electron chi connectivity index (χ4n) is 5.44. The lowest BCUT2D eigenvalue weighted by Crippen LogP contribution is -2.58. The standard InChI is InChI=1S/C26H35N5O7S/c1-25(12-13-25)39(36,37)30-24(35)26-16-17(26)8-5-3-2-4-6-9-19(27-21(32)18-11-15-38-29-18)23(34)31-14-7-10-20(31)22(33)28-26/h5,8,11,15,17,19-20H,2-4,6-7,9-10,12-14,16H2,1H3,(H,27,32)(H,28,33)(H,30,35)/b8-5-/t17-,19+,20+,26-/m1/s1. The maximum Gasteiger partial charge on any atom is 0.274 e. The minimum Gasteiger partial charge on any atom is -0.364 e. The highest BCUT2D eigenvalue weighted by molar-refractivity contribution is 7.91. The van der Waals surface area contributed by atoms with Gasteiger partial charge in [0.15, 0.2) is 5.69 Å². The molecule has 0 spiro atoms. The Balaban J connectivity index is 1.36. The molecule has 4 amide bonds. The van der Waals surface area contributed by atoms with Crippen LogP contribution in [0.1, 0.15) is 81.6 Å². The van der Waals surface area contributed by atoms with Gasteiger partial charge < -0.3 is 20.1 Å². The summed E-state index contributed by atoms with van der Waals surface area (Å²) >= 11 is 0. The van der Waals surface area contributed by atoms with Gasteiger partial charge in [-0.25, -0.2) is 8.42 Å². The molecule has 1 aromatic heterocycles. The quantitative estimate of drug-likeness (QED) is 0.450. The van der Waals surface area contributed by atoms with Crippen molar-refractivity contribution in [3.63, 3.8) is 0 Å². The zero-order valence-electron chi connectivity index (χ0n) is 22.0. The average molecular weight is 562 g/mol. The molecule has 0 bridgehead atoms. The first-order valence-electron chi connectivity index (χ1n) is 13.6. The number of rotatable bonds is 5. The maximum absolute atomic E-state index is 13.6. The number of carbonyl (C=O) groups excluding carboxylic acids is 4. The summed E-state index contributed by atoms with van der Waals surface area (Å²) in [5.41, 5.74) is -1.33. The van der Waals surface area contributed by atoms with Crippen molar-refractivity contribution in [2.75, 3.05) is 6.54 Å². The summed E-state index contributed by atoms with van der Waals surface area (Å²) < 4.78 is 31.6. The van der Waals surface area contributed by atoms with E-state index in [4.69, 9.17) is 4.52 Å². The van der Waals surface area contributed by atoms with E-state index in [1.54, 1.807) is 6.92 Å². The topological polar surface area (TPSA) is 168 Å². The molecule has 1 aromatic rings. The lowest BCUT2D eigenvalue weighted by atomic mass is 10.0. The van der Waals surface area contributed by atoms with Crippen LogP contribution in [0.15, 0.2) is 29.0 Å². The number of fused-ring (bicyclic) bond motifs is 2. The van der Waals surface area contributed by atoms with Crippen LogP contribution < -0.4 is 15.4 Å². The first kappa shape index (κ1) is 27.4. The van der Waals surface area contributed by atoms with Gasteiger partial charge in [0.25, 0.3) is 11.8 Å². The summed E-state index contributed by atoms with van der Waals surface area (Å²) in [6.45, 7) is 1.93. The Labute approximate surface area is 227 Å². The van der Waals surface area contributed by atoms with Gasteiger partial charge >= 0.3 is 0 Å². The van der Waals surface area contributed by atoms with Crippen LogP contribution in [-0.4, -0.2) is 71.0 Å². The molecule has 2 aliphatic heterocycles. The molecule has 39 heavy (non-hydrogen) atoms. The van der Waals surface area contributed by atoms with E-state index in [9.17, 15) is 27.6 Å². The summed E-state index contributed by atoms with van der Waals surface area (Å²) in [4.78, 5) is 54.7. The average Bonchev–Trinajstić information content (AvgIpc) is 3.61. The molecule has 0 unspecified atom stereocenters. The van der Waals surface area contributed by atoms with E-state index in [0.29, 0.717) is 45.1 Å². The van der Waals surface area contributed by atoms with Gasteiger partial charge in [-0.2, -0.15) is 0 Å². The Kier molecular flexibility index (Phi) is 7.29. The SMILES string of the molecule is CC1(S(=O)(=O)NC(=O)[C@@]23C[C@H]2/C=C\CCCCC[C@H](NC(=O)c2ccon2)C(=O)N2CCC[C@H]2C(=O)N3)CC1. The van der Waals surface area contributed by atoms with E-state index in [2.05, 4.69) is 20.5 Å². The van der Waals surface area contributed by atoms with Crippen LogP contribution >= 0.6 is 0 Å². The van der Waals surface area contributed by atoms with Crippen LogP contribution in [0, 0.1) is 5.92 Å². The van der Waals surface area contributed by atoms with Gasteiger partial charge in [0.05, 0.1) is 4.75 Å². The van der Waals surface area contributed by atoms with E-state index in [-0.39, 0.29) is 23.9 Å². The number of amides is 4. The lowest BCUT2D eigenvalue weighted by Gasteiger charge is -2.30.